The van der Waals surface area contributed by atoms with Crippen molar-refractivity contribution in [1.82, 2.24) is 5.43 Å². The third kappa shape index (κ3) is 3.83. The van der Waals surface area contributed by atoms with Gasteiger partial charge in [0.1, 0.15) is 6.42 Å². The second kappa shape index (κ2) is 6.12. The van der Waals surface area contributed by atoms with Gasteiger partial charge in [-0.3, -0.25) is 4.79 Å². The highest BCUT2D eigenvalue weighted by Gasteiger charge is 2.01. The van der Waals surface area contributed by atoms with Gasteiger partial charge in [0, 0.05) is 0 Å². The van der Waals surface area contributed by atoms with Crippen LogP contribution < -0.4 is 10.2 Å². The number of hydrogen-bond donors (Lipinski definition) is 2. The molecule has 2 N–H and O–H groups in total. The number of benzene rings is 1. The van der Waals surface area contributed by atoms with Crippen molar-refractivity contribution in [2.45, 2.75) is 6.42 Å². The molecule has 0 heterocycles. The van der Waals surface area contributed by atoms with Gasteiger partial charge in [-0.05, 0) is 23.8 Å². The lowest BCUT2D eigenvalue weighted by molar-refractivity contribution is -0.120. The van der Waals surface area contributed by atoms with E-state index in [1.54, 1.807) is 18.2 Å². The minimum atomic E-state index is -0.485. The highest BCUT2D eigenvalue weighted by Crippen LogP contribution is 2.25. The van der Waals surface area contributed by atoms with E-state index in [4.69, 9.17) is 10.00 Å². The summed E-state index contributed by atoms with van der Waals surface area (Å²) in [5.74, 6) is -0.142. The number of carbonyl (C=O) groups is 1. The van der Waals surface area contributed by atoms with Gasteiger partial charge in [-0.25, -0.2) is 5.43 Å². The predicted molar refractivity (Wildman–Crippen MR) is 60.6 cm³/mol. The predicted octanol–water partition coefficient (Wildman–Crippen LogP) is 0.765. The van der Waals surface area contributed by atoms with Gasteiger partial charge in [-0.1, -0.05) is 0 Å². The van der Waals surface area contributed by atoms with Crippen LogP contribution in [0, 0.1) is 11.3 Å². The summed E-state index contributed by atoms with van der Waals surface area (Å²) in [6.45, 7) is 0. The Balaban J connectivity index is 2.63. The fourth-order valence-electron chi connectivity index (χ4n) is 1.08. The standard InChI is InChI=1S/C11H11N3O3/c1-17-10-3-2-8(6-9(10)15)7-13-14-11(16)4-5-12/h2-3,6-7,15H,4H2,1H3,(H,14,16)/b13-7-. The number of phenolic OH excluding ortho intramolecular Hbond substituents is 1. The summed E-state index contributed by atoms with van der Waals surface area (Å²) >= 11 is 0. The van der Waals surface area contributed by atoms with Crippen LogP contribution in [0.4, 0.5) is 0 Å². The summed E-state index contributed by atoms with van der Waals surface area (Å²) < 4.78 is 4.87. The molecule has 0 fully saturated rings. The van der Waals surface area contributed by atoms with E-state index in [-0.39, 0.29) is 12.2 Å². The Morgan fingerprint density at radius 3 is 3.06 bits per heavy atom. The first-order valence-electron chi connectivity index (χ1n) is 4.73. The molecule has 0 unspecified atom stereocenters. The molecular weight excluding hydrogens is 222 g/mol. The lowest BCUT2D eigenvalue weighted by atomic mass is 10.2. The lowest BCUT2D eigenvalue weighted by Crippen LogP contribution is -2.16. The van der Waals surface area contributed by atoms with Crippen molar-refractivity contribution in [1.29, 1.82) is 5.26 Å². The van der Waals surface area contributed by atoms with Gasteiger partial charge < -0.3 is 9.84 Å². The molecule has 0 aliphatic rings. The highest BCUT2D eigenvalue weighted by molar-refractivity contribution is 5.83. The summed E-state index contributed by atoms with van der Waals surface area (Å²) in [5, 5.41) is 21.3. The van der Waals surface area contributed by atoms with Crippen molar-refractivity contribution in [3.05, 3.63) is 23.8 Å². The molecule has 0 atom stereocenters. The largest absolute Gasteiger partial charge is 0.504 e. The van der Waals surface area contributed by atoms with Crippen molar-refractivity contribution < 1.29 is 14.6 Å². The average molecular weight is 233 g/mol. The van der Waals surface area contributed by atoms with Crippen LogP contribution in [-0.2, 0) is 4.79 Å². The zero-order chi connectivity index (χ0) is 12.7. The number of amides is 1. The zero-order valence-corrected chi connectivity index (χ0v) is 9.17. The van der Waals surface area contributed by atoms with Crippen molar-refractivity contribution in [2.75, 3.05) is 7.11 Å². The average Bonchev–Trinajstić information content (AvgIpc) is 2.29. The number of nitrogens with zero attached hydrogens (tertiary/aromatic N) is 2. The number of nitriles is 1. The van der Waals surface area contributed by atoms with Gasteiger partial charge in [0.05, 0.1) is 19.4 Å². The molecule has 1 rings (SSSR count). The second-order valence-corrected chi connectivity index (χ2v) is 3.06. The van der Waals surface area contributed by atoms with E-state index in [9.17, 15) is 9.90 Å². The van der Waals surface area contributed by atoms with Gasteiger partial charge in [0.25, 0.3) is 5.91 Å². The Morgan fingerprint density at radius 1 is 1.71 bits per heavy atom. The van der Waals surface area contributed by atoms with E-state index in [0.717, 1.165) is 0 Å². The van der Waals surface area contributed by atoms with Crippen LogP contribution in [0.2, 0.25) is 0 Å². The van der Waals surface area contributed by atoms with Crippen molar-refractivity contribution in [3.63, 3.8) is 0 Å². The molecule has 6 heteroatoms. The molecule has 0 spiro atoms. The van der Waals surface area contributed by atoms with Crippen molar-refractivity contribution >= 4 is 12.1 Å². The molecule has 1 amide bonds. The highest BCUT2D eigenvalue weighted by atomic mass is 16.5. The SMILES string of the molecule is COc1ccc(/C=N\NC(=O)CC#N)cc1O. The van der Waals surface area contributed by atoms with Gasteiger partial charge >= 0.3 is 0 Å². The molecule has 0 aliphatic carbocycles. The molecule has 0 radical (unpaired) electrons. The monoisotopic (exact) mass is 233 g/mol. The molecular formula is C11H11N3O3. The van der Waals surface area contributed by atoms with Gasteiger partial charge in [-0.15, -0.1) is 0 Å². The van der Waals surface area contributed by atoms with Crippen LogP contribution in [0.5, 0.6) is 11.5 Å². The summed E-state index contributed by atoms with van der Waals surface area (Å²) in [4.78, 5) is 10.9. The van der Waals surface area contributed by atoms with Crippen LogP contribution in [0.1, 0.15) is 12.0 Å². The number of rotatable bonds is 4. The van der Waals surface area contributed by atoms with E-state index in [0.29, 0.717) is 11.3 Å². The topological polar surface area (TPSA) is 94.7 Å². The molecule has 0 aliphatic heterocycles. The maximum Gasteiger partial charge on any atom is 0.254 e. The third-order valence-corrected chi connectivity index (χ3v) is 1.85. The Hall–Kier alpha value is -2.55. The molecule has 88 valence electrons. The molecule has 0 aromatic heterocycles. The molecule has 6 nitrogen and oxygen atoms in total. The van der Waals surface area contributed by atoms with E-state index in [1.807, 2.05) is 0 Å². The van der Waals surface area contributed by atoms with Crippen LogP contribution in [-0.4, -0.2) is 24.3 Å². The maximum atomic E-state index is 10.9. The lowest BCUT2D eigenvalue weighted by Gasteiger charge is -2.02. The number of aromatic hydroxyl groups is 1. The number of hydrogen-bond acceptors (Lipinski definition) is 5. The van der Waals surface area contributed by atoms with Crippen LogP contribution in [0.15, 0.2) is 23.3 Å². The first-order valence-corrected chi connectivity index (χ1v) is 4.73. The Bertz CT molecular complexity index is 477. The van der Waals surface area contributed by atoms with E-state index in [2.05, 4.69) is 10.5 Å². The number of hydrazone groups is 1. The molecule has 0 bridgehead atoms. The Kier molecular flexibility index (Phi) is 4.51. The van der Waals surface area contributed by atoms with Gasteiger partial charge in [0.15, 0.2) is 11.5 Å². The number of methoxy groups -OCH3 is 1. The Labute approximate surface area is 98.1 Å². The van der Waals surface area contributed by atoms with Crippen LogP contribution in [0.25, 0.3) is 0 Å². The minimum absolute atomic E-state index is 0.0141. The van der Waals surface area contributed by atoms with E-state index in [1.165, 1.54) is 19.4 Å². The smallest absolute Gasteiger partial charge is 0.254 e. The molecule has 0 saturated carbocycles. The number of carbonyl (C=O) groups excluding carboxylic acids is 1. The fraction of sp³-hybridized carbons (Fsp3) is 0.182. The fourth-order valence-corrected chi connectivity index (χ4v) is 1.08. The van der Waals surface area contributed by atoms with Gasteiger partial charge in [-0.2, -0.15) is 10.4 Å². The van der Waals surface area contributed by atoms with Crippen LogP contribution in [0.3, 0.4) is 0 Å². The summed E-state index contributed by atoms with van der Waals surface area (Å²) in [6, 6.07) is 6.38. The van der Waals surface area contributed by atoms with Crippen molar-refractivity contribution in [2.24, 2.45) is 5.10 Å². The summed E-state index contributed by atoms with van der Waals surface area (Å²) in [5.41, 5.74) is 2.77. The first-order chi connectivity index (χ1) is 8.17. The van der Waals surface area contributed by atoms with Gasteiger partial charge in [0.2, 0.25) is 0 Å². The van der Waals surface area contributed by atoms with E-state index < -0.39 is 5.91 Å². The molecule has 1 aromatic rings. The zero-order valence-electron chi connectivity index (χ0n) is 9.17. The summed E-state index contributed by atoms with van der Waals surface area (Å²) in [6.07, 6.45) is 1.11. The number of ether oxygens (including phenoxy) is 1. The normalized spacial score (nSPS) is 9.88. The molecule has 17 heavy (non-hydrogen) atoms. The van der Waals surface area contributed by atoms with E-state index >= 15 is 0 Å². The molecule has 0 saturated heterocycles. The third-order valence-electron chi connectivity index (χ3n) is 1.85. The first kappa shape index (κ1) is 12.5. The quantitative estimate of drug-likeness (QED) is 0.593. The number of nitrogens with one attached hydrogen (secondary N) is 1. The molecule has 1 aromatic carbocycles. The maximum absolute atomic E-state index is 10.9. The summed E-state index contributed by atoms with van der Waals surface area (Å²) in [7, 11) is 1.45. The Morgan fingerprint density at radius 2 is 2.47 bits per heavy atom. The second-order valence-electron chi connectivity index (χ2n) is 3.06. The minimum Gasteiger partial charge on any atom is -0.504 e. The van der Waals surface area contributed by atoms with Crippen molar-refractivity contribution in [3.8, 4) is 17.6 Å². The van der Waals surface area contributed by atoms with Crippen LogP contribution >= 0.6 is 0 Å². The number of phenols is 1.